The summed E-state index contributed by atoms with van der Waals surface area (Å²) in [4.78, 5) is 27.5. The molecule has 148 valence electrons. The second-order valence-corrected chi connectivity index (χ2v) is 7.19. The van der Waals surface area contributed by atoms with Gasteiger partial charge >= 0.3 is 0 Å². The molecule has 0 radical (unpaired) electrons. The van der Waals surface area contributed by atoms with E-state index in [1.165, 1.54) is 0 Å². The van der Waals surface area contributed by atoms with Gasteiger partial charge in [-0.25, -0.2) is 0 Å². The van der Waals surface area contributed by atoms with Gasteiger partial charge in [-0.15, -0.1) is 0 Å². The number of para-hydroxylation sites is 1. The quantitative estimate of drug-likeness (QED) is 0.814. The van der Waals surface area contributed by atoms with Crippen LogP contribution < -0.4 is 10.1 Å². The van der Waals surface area contributed by atoms with E-state index in [1.807, 2.05) is 48.2 Å². The van der Waals surface area contributed by atoms with Gasteiger partial charge in [-0.3, -0.25) is 9.59 Å². The number of piperidine rings is 1. The number of nitrogens with one attached hydrogen (secondary N) is 1. The summed E-state index contributed by atoms with van der Waals surface area (Å²) in [7, 11) is 0. The van der Waals surface area contributed by atoms with Crippen LogP contribution in [0.4, 0.5) is 5.69 Å². The van der Waals surface area contributed by atoms with Gasteiger partial charge in [-0.1, -0.05) is 24.3 Å². The number of ether oxygens (including phenoxy) is 1. The molecule has 5 nitrogen and oxygen atoms in total. The molecule has 28 heavy (non-hydrogen) atoms. The molecule has 2 amide bonds. The van der Waals surface area contributed by atoms with Crippen molar-refractivity contribution in [3.8, 4) is 5.75 Å². The number of hydrogen-bond acceptors (Lipinski definition) is 3. The Labute approximate surface area is 166 Å². The number of amides is 2. The highest BCUT2D eigenvalue weighted by Crippen LogP contribution is 2.23. The molecule has 0 bridgehead atoms. The molecule has 1 N–H and O–H groups in total. The molecule has 2 aromatic rings. The molecule has 5 heteroatoms. The van der Waals surface area contributed by atoms with Crippen molar-refractivity contribution in [1.29, 1.82) is 0 Å². The SMILES string of the molecule is CCOc1ccc(CC(=O)Nc2ccccc2C(=O)N2CCCCC2C)cc1. The first-order chi connectivity index (χ1) is 13.6. The predicted molar refractivity (Wildman–Crippen MR) is 111 cm³/mol. The van der Waals surface area contributed by atoms with E-state index in [4.69, 9.17) is 4.74 Å². The van der Waals surface area contributed by atoms with Crippen molar-refractivity contribution in [2.75, 3.05) is 18.5 Å². The first kappa shape index (κ1) is 19.9. The maximum Gasteiger partial charge on any atom is 0.256 e. The van der Waals surface area contributed by atoms with Crippen molar-refractivity contribution < 1.29 is 14.3 Å². The second-order valence-electron chi connectivity index (χ2n) is 7.19. The van der Waals surface area contributed by atoms with E-state index in [1.54, 1.807) is 12.1 Å². The molecular formula is C23H28N2O3. The fourth-order valence-electron chi connectivity index (χ4n) is 3.58. The first-order valence-electron chi connectivity index (χ1n) is 10.00. The third-order valence-corrected chi connectivity index (χ3v) is 5.09. The summed E-state index contributed by atoms with van der Waals surface area (Å²) in [6.07, 6.45) is 3.46. The highest BCUT2D eigenvalue weighted by Gasteiger charge is 2.26. The highest BCUT2D eigenvalue weighted by atomic mass is 16.5. The van der Waals surface area contributed by atoms with E-state index in [2.05, 4.69) is 12.2 Å². The molecule has 1 atom stereocenters. The number of carbonyl (C=O) groups is 2. The summed E-state index contributed by atoms with van der Waals surface area (Å²) < 4.78 is 5.43. The Hall–Kier alpha value is -2.82. The van der Waals surface area contributed by atoms with Gasteiger partial charge in [0.2, 0.25) is 5.91 Å². The molecule has 1 aliphatic heterocycles. The minimum Gasteiger partial charge on any atom is -0.494 e. The minimum atomic E-state index is -0.142. The van der Waals surface area contributed by atoms with Crippen LogP contribution in [0.1, 0.15) is 49.0 Å². The zero-order valence-electron chi connectivity index (χ0n) is 16.6. The van der Waals surface area contributed by atoms with E-state index >= 15 is 0 Å². The summed E-state index contributed by atoms with van der Waals surface area (Å²) in [5, 5.41) is 2.92. The summed E-state index contributed by atoms with van der Waals surface area (Å²) in [6, 6.07) is 15.0. The number of nitrogens with zero attached hydrogens (tertiary/aromatic N) is 1. The zero-order valence-corrected chi connectivity index (χ0v) is 16.6. The van der Waals surface area contributed by atoms with Crippen LogP contribution in [0.2, 0.25) is 0 Å². The summed E-state index contributed by atoms with van der Waals surface area (Å²) in [5.74, 6) is 0.638. The third-order valence-electron chi connectivity index (χ3n) is 5.09. The monoisotopic (exact) mass is 380 g/mol. The molecule has 0 aliphatic carbocycles. The summed E-state index contributed by atoms with van der Waals surface area (Å²) >= 11 is 0. The Morgan fingerprint density at radius 3 is 2.57 bits per heavy atom. The lowest BCUT2D eigenvalue weighted by Crippen LogP contribution is -2.42. The number of hydrogen-bond donors (Lipinski definition) is 1. The lowest BCUT2D eigenvalue weighted by Gasteiger charge is -2.33. The number of benzene rings is 2. The van der Waals surface area contributed by atoms with E-state index in [-0.39, 0.29) is 24.3 Å². The lowest BCUT2D eigenvalue weighted by atomic mass is 10.0. The maximum absolute atomic E-state index is 13.0. The van der Waals surface area contributed by atoms with Gasteiger partial charge in [-0.05, 0) is 62.9 Å². The van der Waals surface area contributed by atoms with Crippen LogP contribution in [0.3, 0.4) is 0 Å². The lowest BCUT2D eigenvalue weighted by molar-refractivity contribution is -0.115. The largest absolute Gasteiger partial charge is 0.494 e. The van der Waals surface area contributed by atoms with Crippen molar-refractivity contribution in [2.45, 2.75) is 45.6 Å². The average molecular weight is 380 g/mol. The molecule has 1 aliphatic rings. The Bertz CT molecular complexity index is 817. The average Bonchev–Trinajstić information content (AvgIpc) is 2.70. The fraction of sp³-hybridized carbons (Fsp3) is 0.391. The standard InChI is InChI=1S/C23H28N2O3/c1-3-28-19-13-11-18(12-14-19)16-22(26)24-21-10-5-4-9-20(21)23(27)25-15-7-6-8-17(25)2/h4-5,9-14,17H,3,6-8,15-16H2,1-2H3,(H,24,26). The van der Waals surface area contributed by atoms with Gasteiger partial charge in [0.1, 0.15) is 5.75 Å². The molecule has 2 aromatic carbocycles. The molecule has 1 saturated heterocycles. The maximum atomic E-state index is 13.0. The Balaban J connectivity index is 1.68. The minimum absolute atomic E-state index is 0.0100. The van der Waals surface area contributed by atoms with Gasteiger partial charge in [-0.2, -0.15) is 0 Å². The number of likely N-dealkylation sites (tertiary alicyclic amines) is 1. The van der Waals surface area contributed by atoms with Gasteiger partial charge < -0.3 is 15.0 Å². The summed E-state index contributed by atoms with van der Waals surface area (Å²) in [6.45, 7) is 5.41. The van der Waals surface area contributed by atoms with Crippen molar-refractivity contribution in [2.24, 2.45) is 0 Å². The fourth-order valence-corrected chi connectivity index (χ4v) is 3.58. The van der Waals surface area contributed by atoms with Crippen LogP contribution in [-0.2, 0) is 11.2 Å². The number of rotatable bonds is 6. The van der Waals surface area contributed by atoms with Gasteiger partial charge in [0.15, 0.2) is 0 Å². The molecule has 0 aromatic heterocycles. The van der Waals surface area contributed by atoms with Gasteiger partial charge in [0, 0.05) is 12.6 Å². The van der Waals surface area contributed by atoms with E-state index in [9.17, 15) is 9.59 Å². The van der Waals surface area contributed by atoms with Gasteiger partial charge in [0.05, 0.1) is 24.3 Å². The molecule has 1 unspecified atom stereocenters. The predicted octanol–water partition coefficient (Wildman–Crippen LogP) is 4.28. The Morgan fingerprint density at radius 2 is 1.86 bits per heavy atom. The number of anilines is 1. The molecule has 0 saturated carbocycles. The van der Waals surface area contributed by atoms with E-state index < -0.39 is 0 Å². The first-order valence-corrected chi connectivity index (χ1v) is 10.00. The third kappa shape index (κ3) is 4.91. The zero-order chi connectivity index (χ0) is 19.9. The molecule has 3 rings (SSSR count). The van der Waals surface area contributed by atoms with Crippen LogP contribution in [0, 0.1) is 0 Å². The van der Waals surface area contributed by atoms with Crippen LogP contribution in [0.5, 0.6) is 5.75 Å². The number of carbonyl (C=O) groups excluding carboxylic acids is 2. The molecular weight excluding hydrogens is 352 g/mol. The molecule has 1 fully saturated rings. The normalized spacial score (nSPS) is 16.5. The van der Waals surface area contributed by atoms with Crippen LogP contribution in [0.25, 0.3) is 0 Å². The van der Waals surface area contributed by atoms with Crippen molar-refractivity contribution in [3.05, 3.63) is 59.7 Å². The highest BCUT2D eigenvalue weighted by molar-refractivity contribution is 6.04. The van der Waals surface area contributed by atoms with Crippen LogP contribution in [0.15, 0.2) is 48.5 Å². The second kappa shape index (κ2) is 9.40. The summed E-state index contributed by atoms with van der Waals surface area (Å²) in [5.41, 5.74) is 2.02. The Kier molecular flexibility index (Phi) is 6.69. The van der Waals surface area contributed by atoms with Crippen LogP contribution in [-0.4, -0.2) is 35.9 Å². The van der Waals surface area contributed by atoms with Crippen molar-refractivity contribution >= 4 is 17.5 Å². The molecule has 1 heterocycles. The van der Waals surface area contributed by atoms with Crippen molar-refractivity contribution in [3.63, 3.8) is 0 Å². The Morgan fingerprint density at radius 1 is 1.11 bits per heavy atom. The smallest absolute Gasteiger partial charge is 0.256 e. The van der Waals surface area contributed by atoms with Crippen molar-refractivity contribution in [1.82, 2.24) is 4.90 Å². The van der Waals surface area contributed by atoms with E-state index in [0.29, 0.717) is 17.9 Å². The van der Waals surface area contributed by atoms with E-state index in [0.717, 1.165) is 37.1 Å². The topological polar surface area (TPSA) is 58.6 Å². The van der Waals surface area contributed by atoms with Crippen LogP contribution >= 0.6 is 0 Å². The molecule has 0 spiro atoms. The van der Waals surface area contributed by atoms with Gasteiger partial charge in [0.25, 0.3) is 5.91 Å².